The molecule has 0 unspecified atom stereocenters. The average Bonchev–Trinajstić information content (AvgIpc) is 2.66. The first-order valence-electron chi connectivity index (χ1n) is 5.92. The first kappa shape index (κ1) is 9.97. The van der Waals surface area contributed by atoms with Crippen molar-refractivity contribution < 1.29 is 10.2 Å². The summed E-state index contributed by atoms with van der Waals surface area (Å²) in [6.07, 6.45) is 3.13. The van der Waals surface area contributed by atoms with Gasteiger partial charge in [-0.2, -0.15) is 0 Å². The zero-order valence-corrected chi connectivity index (χ0v) is 9.48. The molecule has 1 aromatic carbocycles. The van der Waals surface area contributed by atoms with Gasteiger partial charge in [-0.15, -0.1) is 0 Å². The van der Waals surface area contributed by atoms with Crippen LogP contribution in [0.5, 0.6) is 11.5 Å². The zero-order valence-electron chi connectivity index (χ0n) is 9.48. The molecule has 16 heavy (non-hydrogen) atoms. The highest BCUT2D eigenvalue weighted by atomic mass is 16.3. The molecule has 2 N–H and O–H groups in total. The lowest BCUT2D eigenvalue weighted by Gasteiger charge is -2.32. The van der Waals surface area contributed by atoms with Gasteiger partial charge in [-0.05, 0) is 44.5 Å². The van der Waals surface area contributed by atoms with E-state index in [1.165, 1.54) is 12.0 Å². The molecule has 1 aliphatic carbocycles. The predicted molar refractivity (Wildman–Crippen MR) is 61.9 cm³/mol. The SMILES string of the molecule is CN1CC[C@@H]2c3ccc(O)c(O)c3CC[C@H]21. The summed E-state index contributed by atoms with van der Waals surface area (Å²) < 4.78 is 0. The summed E-state index contributed by atoms with van der Waals surface area (Å²) in [5.74, 6) is 0.661. The van der Waals surface area contributed by atoms with Gasteiger partial charge in [0.2, 0.25) is 0 Å². The average molecular weight is 219 g/mol. The molecule has 0 radical (unpaired) electrons. The van der Waals surface area contributed by atoms with Crippen molar-refractivity contribution in [3.05, 3.63) is 23.3 Å². The summed E-state index contributed by atoms with van der Waals surface area (Å²) in [5, 5.41) is 19.4. The van der Waals surface area contributed by atoms with Crippen LogP contribution >= 0.6 is 0 Å². The molecule has 0 aromatic heterocycles. The Morgan fingerprint density at radius 2 is 2.06 bits per heavy atom. The lowest BCUT2D eigenvalue weighted by molar-refractivity contribution is 0.272. The summed E-state index contributed by atoms with van der Waals surface area (Å²) in [6.45, 7) is 1.14. The van der Waals surface area contributed by atoms with Gasteiger partial charge in [0.15, 0.2) is 11.5 Å². The van der Waals surface area contributed by atoms with Gasteiger partial charge in [-0.3, -0.25) is 0 Å². The Labute approximate surface area is 95.3 Å². The summed E-state index contributed by atoms with van der Waals surface area (Å²) in [5.41, 5.74) is 2.22. The van der Waals surface area contributed by atoms with E-state index in [4.69, 9.17) is 0 Å². The first-order chi connectivity index (χ1) is 7.68. The molecule has 1 aliphatic heterocycles. The number of rotatable bonds is 0. The van der Waals surface area contributed by atoms with E-state index >= 15 is 0 Å². The van der Waals surface area contributed by atoms with Crippen LogP contribution in [-0.4, -0.2) is 34.7 Å². The molecule has 3 nitrogen and oxygen atoms in total. The fourth-order valence-corrected chi connectivity index (χ4v) is 3.33. The number of likely N-dealkylation sites (tertiary alicyclic amines) is 1. The van der Waals surface area contributed by atoms with E-state index < -0.39 is 0 Å². The maximum atomic E-state index is 9.87. The van der Waals surface area contributed by atoms with Crippen LogP contribution in [0.15, 0.2) is 12.1 Å². The number of phenols is 2. The Kier molecular flexibility index (Phi) is 2.11. The maximum Gasteiger partial charge on any atom is 0.160 e. The maximum absolute atomic E-state index is 9.87. The third-order valence-corrected chi connectivity index (χ3v) is 4.21. The number of likely N-dealkylation sites (N-methyl/N-ethyl adjacent to an activating group) is 1. The largest absolute Gasteiger partial charge is 0.504 e. The van der Waals surface area contributed by atoms with Crippen molar-refractivity contribution >= 4 is 0 Å². The van der Waals surface area contributed by atoms with Gasteiger partial charge in [-0.25, -0.2) is 0 Å². The Morgan fingerprint density at radius 3 is 2.88 bits per heavy atom. The van der Waals surface area contributed by atoms with Gasteiger partial charge in [0, 0.05) is 17.5 Å². The Hall–Kier alpha value is -1.22. The number of aromatic hydroxyl groups is 2. The second kappa shape index (κ2) is 3.39. The molecule has 1 aromatic rings. The first-order valence-corrected chi connectivity index (χ1v) is 5.92. The van der Waals surface area contributed by atoms with E-state index in [9.17, 15) is 10.2 Å². The molecule has 86 valence electrons. The highest BCUT2D eigenvalue weighted by molar-refractivity contribution is 5.52. The molecule has 0 amide bonds. The smallest absolute Gasteiger partial charge is 0.160 e. The third kappa shape index (κ3) is 1.24. The molecule has 0 bridgehead atoms. The van der Waals surface area contributed by atoms with Gasteiger partial charge < -0.3 is 15.1 Å². The number of hydrogen-bond acceptors (Lipinski definition) is 3. The molecule has 1 saturated heterocycles. The van der Waals surface area contributed by atoms with Gasteiger partial charge in [0.1, 0.15) is 0 Å². The minimum atomic E-state index is 0.0172. The second-order valence-electron chi connectivity index (χ2n) is 4.98. The van der Waals surface area contributed by atoms with Gasteiger partial charge in [0.05, 0.1) is 0 Å². The summed E-state index contributed by atoms with van der Waals surface area (Å²) in [6, 6.07) is 4.23. The van der Waals surface area contributed by atoms with E-state index in [2.05, 4.69) is 11.9 Å². The number of fused-ring (bicyclic) bond motifs is 3. The Bertz CT molecular complexity index is 430. The minimum absolute atomic E-state index is 0.0172. The summed E-state index contributed by atoms with van der Waals surface area (Å²) >= 11 is 0. The monoisotopic (exact) mass is 219 g/mol. The van der Waals surface area contributed by atoms with Crippen molar-refractivity contribution in [1.82, 2.24) is 4.90 Å². The molecule has 0 saturated carbocycles. The minimum Gasteiger partial charge on any atom is -0.504 e. The van der Waals surface area contributed by atoms with Crippen LogP contribution in [0.4, 0.5) is 0 Å². The molecule has 1 heterocycles. The number of nitrogens with zero attached hydrogens (tertiary/aromatic N) is 1. The molecule has 2 aliphatic rings. The fourth-order valence-electron chi connectivity index (χ4n) is 3.33. The van der Waals surface area contributed by atoms with Gasteiger partial charge >= 0.3 is 0 Å². The topological polar surface area (TPSA) is 43.7 Å². The van der Waals surface area contributed by atoms with Crippen molar-refractivity contribution in [2.75, 3.05) is 13.6 Å². The fraction of sp³-hybridized carbons (Fsp3) is 0.538. The van der Waals surface area contributed by atoms with E-state index in [0.717, 1.165) is 24.9 Å². The molecule has 3 rings (SSSR count). The van der Waals surface area contributed by atoms with Crippen molar-refractivity contribution in [3.63, 3.8) is 0 Å². The van der Waals surface area contributed by atoms with Crippen LogP contribution < -0.4 is 0 Å². The van der Waals surface area contributed by atoms with Crippen LogP contribution in [0, 0.1) is 0 Å². The molecule has 3 heteroatoms. The van der Waals surface area contributed by atoms with E-state index in [-0.39, 0.29) is 11.5 Å². The molecule has 2 atom stereocenters. The van der Waals surface area contributed by atoms with Crippen molar-refractivity contribution in [1.29, 1.82) is 0 Å². The lowest BCUT2D eigenvalue weighted by atomic mass is 9.79. The quantitative estimate of drug-likeness (QED) is 0.654. The van der Waals surface area contributed by atoms with Crippen LogP contribution in [0.3, 0.4) is 0 Å². The number of hydrogen-bond donors (Lipinski definition) is 2. The Balaban J connectivity index is 2.08. The van der Waals surface area contributed by atoms with Gasteiger partial charge in [0.25, 0.3) is 0 Å². The van der Waals surface area contributed by atoms with Crippen LogP contribution in [0.1, 0.15) is 29.9 Å². The predicted octanol–water partition coefficient (Wildman–Crippen LogP) is 1.83. The van der Waals surface area contributed by atoms with Crippen LogP contribution in [0.2, 0.25) is 0 Å². The van der Waals surface area contributed by atoms with Crippen molar-refractivity contribution in [2.45, 2.75) is 31.2 Å². The van der Waals surface area contributed by atoms with Crippen molar-refractivity contribution in [2.24, 2.45) is 0 Å². The second-order valence-corrected chi connectivity index (χ2v) is 4.98. The molecule has 0 spiro atoms. The number of phenolic OH excluding ortho intramolecular Hbond substituents is 2. The highest BCUT2D eigenvalue weighted by Crippen LogP contribution is 2.45. The summed E-state index contributed by atoms with van der Waals surface area (Å²) in [4.78, 5) is 2.41. The van der Waals surface area contributed by atoms with Gasteiger partial charge in [-0.1, -0.05) is 6.07 Å². The number of benzene rings is 1. The molecular formula is C13H17NO2. The van der Waals surface area contributed by atoms with Crippen molar-refractivity contribution in [3.8, 4) is 11.5 Å². The van der Waals surface area contributed by atoms with E-state index in [1.807, 2.05) is 6.07 Å². The Morgan fingerprint density at radius 1 is 1.25 bits per heavy atom. The normalized spacial score (nSPS) is 28.8. The lowest BCUT2D eigenvalue weighted by Crippen LogP contribution is -2.32. The van der Waals surface area contributed by atoms with E-state index in [1.54, 1.807) is 6.07 Å². The zero-order chi connectivity index (χ0) is 11.3. The van der Waals surface area contributed by atoms with Crippen LogP contribution in [-0.2, 0) is 6.42 Å². The third-order valence-electron chi connectivity index (χ3n) is 4.21. The van der Waals surface area contributed by atoms with Crippen LogP contribution in [0.25, 0.3) is 0 Å². The summed E-state index contributed by atoms with van der Waals surface area (Å²) in [7, 11) is 2.18. The standard InChI is InChI=1S/C13H17NO2/c1-14-7-6-9-8-3-5-12(15)13(16)10(8)2-4-11(9)14/h3,5,9,11,15-16H,2,4,6-7H2,1H3/t9-,11-/m1/s1. The highest BCUT2D eigenvalue weighted by Gasteiger charge is 2.37. The molecular weight excluding hydrogens is 202 g/mol. The molecule has 1 fully saturated rings. The van der Waals surface area contributed by atoms with E-state index in [0.29, 0.717) is 12.0 Å².